The Morgan fingerprint density at radius 2 is 0.974 bits per heavy atom. The third kappa shape index (κ3) is 11.5. The van der Waals surface area contributed by atoms with Gasteiger partial charge in [-0.1, -0.05) is 167 Å². The first-order valence-electron chi connectivity index (χ1n) is 16.4. The lowest BCUT2D eigenvalue weighted by molar-refractivity contribution is 0.449. The summed E-state index contributed by atoms with van der Waals surface area (Å²) in [6.45, 7) is 9.16. The van der Waals surface area contributed by atoms with Gasteiger partial charge in [-0.05, 0) is 48.4 Å². The largest absolute Gasteiger partial charge is 0.508 e. The number of hydrogen-bond donors (Lipinski definition) is 1. The minimum Gasteiger partial charge on any atom is -0.508 e. The van der Waals surface area contributed by atoms with Crippen LogP contribution < -0.4 is 0 Å². The highest BCUT2D eigenvalue weighted by molar-refractivity contribution is 5.53. The second-order valence-corrected chi connectivity index (χ2v) is 12.2. The van der Waals surface area contributed by atoms with Crippen molar-refractivity contribution in [2.75, 3.05) is 0 Å². The van der Waals surface area contributed by atoms with Gasteiger partial charge in [0.1, 0.15) is 5.75 Å². The summed E-state index contributed by atoms with van der Waals surface area (Å²) >= 11 is 0. The molecular weight excluding hydrogens is 460 g/mol. The highest BCUT2D eigenvalue weighted by atomic mass is 16.3. The van der Waals surface area contributed by atoms with Gasteiger partial charge in [-0.3, -0.25) is 0 Å². The number of aromatic hydroxyl groups is 1. The molecular formula is C37H60O. The van der Waals surface area contributed by atoms with Crippen molar-refractivity contribution < 1.29 is 5.11 Å². The molecule has 0 aliphatic rings. The minimum atomic E-state index is -0.214. The highest BCUT2D eigenvalue weighted by Crippen LogP contribution is 2.41. The van der Waals surface area contributed by atoms with Crippen LogP contribution in [-0.2, 0) is 18.3 Å². The minimum absolute atomic E-state index is 0.214. The molecule has 0 aromatic heterocycles. The summed E-state index contributed by atoms with van der Waals surface area (Å²) in [6, 6.07) is 15.0. The van der Waals surface area contributed by atoms with E-state index in [4.69, 9.17) is 0 Å². The van der Waals surface area contributed by atoms with E-state index in [9.17, 15) is 5.11 Å². The topological polar surface area (TPSA) is 20.2 Å². The van der Waals surface area contributed by atoms with E-state index in [-0.39, 0.29) is 5.41 Å². The van der Waals surface area contributed by atoms with E-state index in [1.165, 1.54) is 132 Å². The molecule has 0 radical (unpaired) electrons. The van der Waals surface area contributed by atoms with Crippen LogP contribution >= 0.6 is 0 Å². The SMILES string of the molecule is CCCCCCCCCCCCc1c(CCCCCCCCCC)ccc(O)c1C(C)(C)c1ccccc1. The maximum absolute atomic E-state index is 11.2. The lowest BCUT2D eigenvalue weighted by Crippen LogP contribution is -2.22. The van der Waals surface area contributed by atoms with Gasteiger partial charge in [0.15, 0.2) is 0 Å². The average Bonchev–Trinajstić information content (AvgIpc) is 2.92. The number of benzene rings is 2. The molecule has 0 aliphatic carbocycles. The van der Waals surface area contributed by atoms with Crippen molar-refractivity contribution >= 4 is 0 Å². The fourth-order valence-corrected chi connectivity index (χ4v) is 6.13. The summed E-state index contributed by atoms with van der Waals surface area (Å²) in [7, 11) is 0. The molecule has 1 N–H and O–H groups in total. The maximum Gasteiger partial charge on any atom is 0.119 e. The van der Waals surface area contributed by atoms with Crippen molar-refractivity contribution in [3.8, 4) is 5.75 Å². The van der Waals surface area contributed by atoms with Gasteiger partial charge >= 0.3 is 0 Å². The van der Waals surface area contributed by atoms with Crippen LogP contribution in [0.4, 0.5) is 0 Å². The van der Waals surface area contributed by atoms with E-state index in [0.717, 1.165) is 18.4 Å². The predicted octanol–water partition coefficient (Wildman–Crippen LogP) is 11.9. The number of hydrogen-bond acceptors (Lipinski definition) is 1. The summed E-state index contributed by atoms with van der Waals surface area (Å²) in [5.41, 5.74) is 5.14. The van der Waals surface area contributed by atoms with Crippen LogP contribution in [-0.4, -0.2) is 5.11 Å². The van der Waals surface area contributed by atoms with Gasteiger partial charge in [0, 0.05) is 11.0 Å². The van der Waals surface area contributed by atoms with E-state index in [1.54, 1.807) is 0 Å². The lowest BCUT2D eigenvalue weighted by atomic mass is 9.73. The van der Waals surface area contributed by atoms with Gasteiger partial charge in [0.2, 0.25) is 0 Å². The summed E-state index contributed by atoms with van der Waals surface area (Å²) in [5.74, 6) is 0.473. The summed E-state index contributed by atoms with van der Waals surface area (Å²) in [6.07, 6.45) is 26.6. The molecule has 38 heavy (non-hydrogen) atoms. The van der Waals surface area contributed by atoms with E-state index in [2.05, 4.69) is 64.1 Å². The molecule has 0 heterocycles. The van der Waals surface area contributed by atoms with Crippen LogP contribution in [0.25, 0.3) is 0 Å². The Labute approximate surface area is 236 Å². The molecule has 0 fully saturated rings. The Morgan fingerprint density at radius 3 is 1.47 bits per heavy atom. The second-order valence-electron chi connectivity index (χ2n) is 12.2. The van der Waals surface area contributed by atoms with Crippen LogP contribution in [0.1, 0.15) is 166 Å². The Hall–Kier alpha value is -1.76. The molecule has 1 heteroatoms. The van der Waals surface area contributed by atoms with Crippen LogP contribution in [0.3, 0.4) is 0 Å². The van der Waals surface area contributed by atoms with E-state index >= 15 is 0 Å². The van der Waals surface area contributed by atoms with Crippen molar-refractivity contribution in [1.82, 2.24) is 0 Å². The number of rotatable bonds is 22. The standard InChI is InChI=1S/C37H60O/c1-5-7-9-11-13-15-16-18-20-25-29-34-32(26-22-19-17-14-12-10-8-6-2)30-31-35(38)36(34)37(3,4)33-27-23-21-24-28-33/h21,23-24,27-28,30-31,38H,5-20,22,25-26,29H2,1-4H3. The third-order valence-electron chi connectivity index (χ3n) is 8.59. The third-order valence-corrected chi connectivity index (χ3v) is 8.59. The van der Waals surface area contributed by atoms with Gasteiger partial charge in [-0.15, -0.1) is 0 Å². The van der Waals surface area contributed by atoms with Gasteiger partial charge in [0.25, 0.3) is 0 Å². The van der Waals surface area contributed by atoms with Crippen LogP contribution in [0.5, 0.6) is 5.75 Å². The maximum atomic E-state index is 11.2. The first kappa shape index (κ1) is 32.5. The van der Waals surface area contributed by atoms with Gasteiger partial charge in [0.05, 0.1) is 0 Å². The molecule has 2 aromatic rings. The molecule has 0 atom stereocenters. The number of unbranched alkanes of at least 4 members (excludes halogenated alkanes) is 16. The highest BCUT2D eigenvalue weighted by Gasteiger charge is 2.30. The monoisotopic (exact) mass is 520 g/mol. The molecule has 0 spiro atoms. The molecule has 0 bridgehead atoms. The quantitative estimate of drug-likeness (QED) is 0.153. The Balaban J connectivity index is 2.02. The summed E-state index contributed by atoms with van der Waals surface area (Å²) in [4.78, 5) is 0. The fourth-order valence-electron chi connectivity index (χ4n) is 6.13. The van der Waals surface area contributed by atoms with Gasteiger partial charge in [-0.25, -0.2) is 0 Å². The summed E-state index contributed by atoms with van der Waals surface area (Å²) < 4.78 is 0. The van der Waals surface area contributed by atoms with Crippen molar-refractivity contribution in [1.29, 1.82) is 0 Å². The molecule has 2 aromatic carbocycles. The van der Waals surface area contributed by atoms with Crippen LogP contribution in [0, 0.1) is 0 Å². The van der Waals surface area contributed by atoms with Gasteiger partial charge < -0.3 is 5.11 Å². The number of phenols is 1. The van der Waals surface area contributed by atoms with Crippen LogP contribution in [0.15, 0.2) is 42.5 Å². The first-order chi connectivity index (χ1) is 18.5. The Kier molecular flexibility index (Phi) is 16.5. The van der Waals surface area contributed by atoms with Crippen molar-refractivity contribution in [2.24, 2.45) is 0 Å². The molecule has 2 rings (SSSR count). The zero-order valence-electron chi connectivity index (χ0n) is 25.6. The zero-order valence-corrected chi connectivity index (χ0v) is 25.6. The molecule has 0 unspecified atom stereocenters. The van der Waals surface area contributed by atoms with Crippen molar-refractivity contribution in [3.63, 3.8) is 0 Å². The Morgan fingerprint density at radius 1 is 0.526 bits per heavy atom. The smallest absolute Gasteiger partial charge is 0.119 e. The predicted molar refractivity (Wildman–Crippen MR) is 169 cm³/mol. The van der Waals surface area contributed by atoms with Gasteiger partial charge in [-0.2, -0.15) is 0 Å². The second kappa shape index (κ2) is 19.3. The molecule has 0 aliphatic heterocycles. The molecule has 214 valence electrons. The normalized spacial score (nSPS) is 11.8. The molecule has 0 saturated heterocycles. The molecule has 0 saturated carbocycles. The van der Waals surface area contributed by atoms with E-state index in [1.807, 2.05) is 6.07 Å². The average molecular weight is 521 g/mol. The first-order valence-corrected chi connectivity index (χ1v) is 16.4. The summed E-state index contributed by atoms with van der Waals surface area (Å²) in [5, 5.41) is 11.2. The van der Waals surface area contributed by atoms with Crippen molar-refractivity contribution in [3.05, 3.63) is 64.7 Å². The lowest BCUT2D eigenvalue weighted by Gasteiger charge is -2.31. The van der Waals surface area contributed by atoms with E-state index in [0.29, 0.717) is 5.75 Å². The van der Waals surface area contributed by atoms with Crippen LogP contribution in [0.2, 0.25) is 0 Å². The number of aryl methyl sites for hydroxylation is 1. The Bertz CT molecular complexity index is 851. The van der Waals surface area contributed by atoms with Crippen molar-refractivity contribution in [2.45, 2.75) is 162 Å². The zero-order chi connectivity index (χ0) is 27.5. The fraction of sp³-hybridized carbons (Fsp3) is 0.676. The molecule has 0 amide bonds. The molecule has 1 nitrogen and oxygen atoms in total. The van der Waals surface area contributed by atoms with E-state index < -0.39 is 0 Å². The number of phenolic OH excluding ortho intramolecular Hbond substituents is 1.